The number of aliphatic hydroxyl groups is 1. The Bertz CT molecular complexity index is 1230. The Hall–Kier alpha value is -2.04. The fourth-order valence-electron chi connectivity index (χ4n) is 12.0. The molecule has 1 aromatic rings. The van der Waals surface area contributed by atoms with Gasteiger partial charge in [0.1, 0.15) is 11.7 Å². The molecule has 42 heavy (non-hydrogen) atoms. The molecule has 13 atom stereocenters. The van der Waals surface area contributed by atoms with Crippen molar-refractivity contribution in [1.82, 2.24) is 4.90 Å². The standard InChI is InChI=1S/C33H45NO8/c1-6-34-16-31(17-38-3)13-12-23(36)33-21-14-20-22(39-4)15-32(42-18(2)35,25(29(33)34)27(40-5)28(31)33)24(21)26(20)41-30(37)19-10-8-7-9-11-19/h7-11,20-29,36H,6,12-17H2,1-5H3/t20-,21-,22+,23?,24-,25+,26+,27+,28-,29-,31+,32-,33+/m1/s1. The second-order valence-corrected chi connectivity index (χ2v) is 13.9. The third kappa shape index (κ3) is 3.43. The summed E-state index contributed by atoms with van der Waals surface area (Å²) < 4.78 is 31.8. The number of ether oxygens (including phenoxy) is 5. The molecule has 1 heterocycles. The van der Waals surface area contributed by atoms with E-state index in [4.69, 9.17) is 23.7 Å². The zero-order valence-corrected chi connectivity index (χ0v) is 25.4. The van der Waals surface area contributed by atoms with Crippen LogP contribution in [0.4, 0.5) is 0 Å². The van der Waals surface area contributed by atoms with Crippen molar-refractivity contribution in [1.29, 1.82) is 0 Å². The Morgan fingerprint density at radius 2 is 1.83 bits per heavy atom. The zero-order chi connectivity index (χ0) is 29.6. The molecule has 1 saturated heterocycles. The van der Waals surface area contributed by atoms with Crippen LogP contribution in [0.1, 0.15) is 49.9 Å². The van der Waals surface area contributed by atoms with Gasteiger partial charge in [0, 0.05) is 81.8 Å². The molecule has 9 heteroatoms. The first-order valence-corrected chi connectivity index (χ1v) is 15.7. The number of aliphatic hydroxyl groups excluding tert-OH is 1. The lowest BCUT2D eigenvalue weighted by Crippen LogP contribution is -2.76. The Morgan fingerprint density at radius 1 is 1.07 bits per heavy atom. The van der Waals surface area contributed by atoms with Crippen molar-refractivity contribution in [2.75, 3.05) is 41.0 Å². The first-order chi connectivity index (χ1) is 20.2. The molecular weight excluding hydrogens is 538 g/mol. The number of carbonyl (C=O) groups excluding carboxylic acids is 2. The van der Waals surface area contributed by atoms with Gasteiger partial charge in [0.25, 0.3) is 0 Å². The normalized spacial score (nSPS) is 48.1. The number of likely N-dealkylation sites (tertiary alicyclic amines) is 1. The number of rotatable bonds is 8. The van der Waals surface area contributed by atoms with Crippen molar-refractivity contribution >= 4 is 11.9 Å². The van der Waals surface area contributed by atoms with Gasteiger partial charge in [-0.15, -0.1) is 0 Å². The van der Waals surface area contributed by atoms with Gasteiger partial charge in [-0.2, -0.15) is 0 Å². The average molecular weight is 584 g/mol. The molecule has 6 aliphatic rings. The van der Waals surface area contributed by atoms with Gasteiger partial charge in [-0.1, -0.05) is 25.1 Å². The maximum atomic E-state index is 13.6. The third-order valence-electron chi connectivity index (χ3n) is 12.6. The second-order valence-electron chi connectivity index (χ2n) is 13.9. The van der Waals surface area contributed by atoms with E-state index in [9.17, 15) is 14.7 Å². The molecule has 9 nitrogen and oxygen atoms in total. The van der Waals surface area contributed by atoms with Crippen LogP contribution in [-0.2, 0) is 28.5 Å². The lowest BCUT2D eigenvalue weighted by Gasteiger charge is -2.69. The van der Waals surface area contributed by atoms with Crippen molar-refractivity contribution in [3.63, 3.8) is 0 Å². The van der Waals surface area contributed by atoms with E-state index in [1.54, 1.807) is 33.5 Å². The fraction of sp³-hybridized carbons (Fsp3) is 0.758. The van der Waals surface area contributed by atoms with Crippen LogP contribution in [0.5, 0.6) is 0 Å². The molecule has 7 bridgehead atoms. The SMILES string of the molecule is CCN1C[C@]2(COC)CCC(O)[C@@]34[C@@H]5C[C@H]6[C@H](OC(=O)c7ccccc7)[C@@H]5[C@](OC(C)=O)(C[C@@H]6OC)[C@@H]([C@H](OC)[C@H]23)[C@@H]14. The lowest BCUT2D eigenvalue weighted by molar-refractivity contribution is -0.276. The molecule has 1 unspecified atom stereocenters. The van der Waals surface area contributed by atoms with Crippen LogP contribution in [0.2, 0.25) is 0 Å². The van der Waals surface area contributed by atoms with Crippen LogP contribution in [-0.4, -0.2) is 99.0 Å². The van der Waals surface area contributed by atoms with Gasteiger partial charge in [0.05, 0.1) is 30.5 Å². The van der Waals surface area contributed by atoms with Crippen LogP contribution in [0.25, 0.3) is 0 Å². The zero-order valence-electron chi connectivity index (χ0n) is 25.4. The number of hydrogen-bond acceptors (Lipinski definition) is 9. The molecule has 0 aromatic heterocycles. The molecule has 7 rings (SSSR count). The van der Waals surface area contributed by atoms with E-state index >= 15 is 0 Å². The molecule has 230 valence electrons. The number of nitrogens with zero attached hydrogens (tertiary/aromatic N) is 1. The predicted molar refractivity (Wildman–Crippen MR) is 151 cm³/mol. The summed E-state index contributed by atoms with van der Waals surface area (Å²) in [6.07, 6.45) is 1.17. The summed E-state index contributed by atoms with van der Waals surface area (Å²) in [6, 6.07) is 9.02. The largest absolute Gasteiger partial charge is 0.458 e. The predicted octanol–water partition coefficient (Wildman–Crippen LogP) is 2.94. The quantitative estimate of drug-likeness (QED) is 0.463. The first kappa shape index (κ1) is 28.7. The van der Waals surface area contributed by atoms with E-state index in [0.29, 0.717) is 25.0 Å². The van der Waals surface area contributed by atoms with Gasteiger partial charge in [0.2, 0.25) is 0 Å². The minimum Gasteiger partial charge on any atom is -0.458 e. The van der Waals surface area contributed by atoms with Crippen LogP contribution in [0.15, 0.2) is 30.3 Å². The Kier molecular flexibility index (Phi) is 6.83. The summed E-state index contributed by atoms with van der Waals surface area (Å²) in [5.74, 6) is -1.34. The molecule has 6 fully saturated rings. The topological polar surface area (TPSA) is 104 Å². The van der Waals surface area contributed by atoms with E-state index < -0.39 is 23.2 Å². The molecule has 1 spiro atoms. The number of esters is 2. The van der Waals surface area contributed by atoms with Gasteiger partial charge in [-0.3, -0.25) is 9.69 Å². The van der Waals surface area contributed by atoms with Gasteiger partial charge in [-0.05, 0) is 43.9 Å². The summed E-state index contributed by atoms with van der Waals surface area (Å²) >= 11 is 0. The Labute approximate surface area is 248 Å². The number of methoxy groups -OCH3 is 3. The number of benzene rings is 1. The van der Waals surface area contributed by atoms with Gasteiger partial charge in [-0.25, -0.2) is 4.79 Å². The first-order valence-electron chi connectivity index (χ1n) is 15.7. The van der Waals surface area contributed by atoms with E-state index in [-0.39, 0.29) is 65.2 Å². The molecule has 0 amide bonds. The highest BCUT2D eigenvalue weighted by Gasteiger charge is 2.87. The molecule has 5 aliphatic carbocycles. The molecule has 5 saturated carbocycles. The molecule has 1 N–H and O–H groups in total. The van der Waals surface area contributed by atoms with Crippen molar-refractivity contribution in [3.05, 3.63) is 35.9 Å². The Balaban J connectivity index is 1.45. The summed E-state index contributed by atoms with van der Waals surface area (Å²) in [5.41, 5.74) is -1.21. The summed E-state index contributed by atoms with van der Waals surface area (Å²) in [5, 5.41) is 12.3. The van der Waals surface area contributed by atoms with Crippen molar-refractivity contribution in [2.45, 2.75) is 75.6 Å². The fourth-order valence-corrected chi connectivity index (χ4v) is 12.0. The van der Waals surface area contributed by atoms with Gasteiger partial charge >= 0.3 is 11.9 Å². The molecule has 1 aliphatic heterocycles. The molecular formula is C33H45NO8. The Morgan fingerprint density at radius 3 is 2.48 bits per heavy atom. The van der Waals surface area contributed by atoms with Crippen LogP contribution >= 0.6 is 0 Å². The smallest absolute Gasteiger partial charge is 0.338 e. The number of hydrogen-bond donors (Lipinski definition) is 1. The van der Waals surface area contributed by atoms with E-state index in [2.05, 4.69) is 11.8 Å². The van der Waals surface area contributed by atoms with Crippen molar-refractivity contribution in [3.8, 4) is 0 Å². The van der Waals surface area contributed by atoms with E-state index in [0.717, 1.165) is 25.9 Å². The van der Waals surface area contributed by atoms with Crippen LogP contribution < -0.4 is 0 Å². The summed E-state index contributed by atoms with van der Waals surface area (Å²) in [6.45, 7) is 5.90. The van der Waals surface area contributed by atoms with Gasteiger partial charge in [0.15, 0.2) is 0 Å². The van der Waals surface area contributed by atoms with Crippen LogP contribution in [0.3, 0.4) is 0 Å². The van der Waals surface area contributed by atoms with E-state index in [1.165, 1.54) is 6.92 Å². The summed E-state index contributed by atoms with van der Waals surface area (Å²) in [4.78, 5) is 29.2. The van der Waals surface area contributed by atoms with Gasteiger partial charge < -0.3 is 28.8 Å². The highest BCUT2D eigenvalue weighted by Crippen LogP contribution is 2.80. The van der Waals surface area contributed by atoms with Crippen molar-refractivity contribution in [2.24, 2.45) is 40.4 Å². The third-order valence-corrected chi connectivity index (χ3v) is 12.6. The highest BCUT2D eigenvalue weighted by atomic mass is 16.6. The molecule has 1 aromatic carbocycles. The van der Waals surface area contributed by atoms with Crippen molar-refractivity contribution < 1.29 is 38.4 Å². The second kappa shape index (κ2) is 9.99. The summed E-state index contributed by atoms with van der Waals surface area (Å²) in [7, 11) is 5.23. The maximum Gasteiger partial charge on any atom is 0.338 e. The van der Waals surface area contributed by atoms with E-state index in [1.807, 2.05) is 18.2 Å². The number of fused-ring (bicyclic) bond motifs is 2. The molecule has 0 radical (unpaired) electrons. The minimum atomic E-state index is -0.976. The minimum absolute atomic E-state index is 0.0183. The number of piperidine rings is 1. The van der Waals surface area contributed by atoms with Crippen LogP contribution in [0, 0.1) is 40.4 Å². The monoisotopic (exact) mass is 583 g/mol. The highest BCUT2D eigenvalue weighted by molar-refractivity contribution is 5.89. The average Bonchev–Trinajstić information content (AvgIpc) is 3.41. The lowest BCUT2D eigenvalue weighted by atomic mass is 9.43. The number of carbonyl (C=O) groups is 2. The maximum absolute atomic E-state index is 13.6.